The third kappa shape index (κ3) is 2.96. The summed E-state index contributed by atoms with van der Waals surface area (Å²) in [6.07, 6.45) is 4.97. The molecule has 132 valence electrons. The van der Waals surface area contributed by atoms with Crippen molar-refractivity contribution < 1.29 is 4.39 Å². The molecule has 1 aliphatic heterocycles. The molecule has 1 atom stereocenters. The first-order valence-corrected chi connectivity index (χ1v) is 8.50. The number of anilines is 1. The summed E-state index contributed by atoms with van der Waals surface area (Å²) in [6.45, 7) is 0.787. The molecule has 4 rings (SSSR count). The van der Waals surface area contributed by atoms with E-state index in [1.807, 2.05) is 0 Å². The van der Waals surface area contributed by atoms with Crippen molar-refractivity contribution in [2.75, 3.05) is 11.4 Å². The van der Waals surface area contributed by atoms with Crippen molar-refractivity contribution in [3.05, 3.63) is 70.7 Å². The van der Waals surface area contributed by atoms with E-state index in [1.165, 1.54) is 24.5 Å². The van der Waals surface area contributed by atoms with Crippen LogP contribution < -0.4 is 10.5 Å². The summed E-state index contributed by atoms with van der Waals surface area (Å²) in [5.74, 6) is 0.340. The Morgan fingerprint density at radius 1 is 1.15 bits per heavy atom. The van der Waals surface area contributed by atoms with Crippen LogP contribution in [-0.2, 0) is 7.05 Å². The highest BCUT2D eigenvalue weighted by atomic mass is 19.1. The molecule has 1 unspecified atom stereocenters. The van der Waals surface area contributed by atoms with Crippen LogP contribution in [0.2, 0.25) is 0 Å². The minimum atomic E-state index is -0.255. The molecule has 0 radical (unpaired) electrons. The van der Waals surface area contributed by atoms with Crippen LogP contribution in [0, 0.1) is 5.82 Å². The summed E-state index contributed by atoms with van der Waals surface area (Å²) < 4.78 is 14.8. The van der Waals surface area contributed by atoms with Crippen LogP contribution in [0.3, 0.4) is 0 Å². The Hall–Kier alpha value is -3.09. The zero-order valence-electron chi connectivity index (χ0n) is 14.3. The van der Waals surface area contributed by atoms with E-state index in [4.69, 9.17) is 4.98 Å². The molecule has 0 aliphatic carbocycles. The van der Waals surface area contributed by atoms with E-state index in [2.05, 4.69) is 14.9 Å². The van der Waals surface area contributed by atoms with Gasteiger partial charge in [0.25, 0.3) is 5.56 Å². The van der Waals surface area contributed by atoms with Gasteiger partial charge >= 0.3 is 0 Å². The van der Waals surface area contributed by atoms with E-state index in [0.29, 0.717) is 17.3 Å². The van der Waals surface area contributed by atoms with E-state index < -0.39 is 0 Å². The molecule has 0 spiro atoms. The highest BCUT2D eigenvalue weighted by molar-refractivity contribution is 5.55. The van der Waals surface area contributed by atoms with E-state index in [0.717, 1.165) is 24.9 Å². The maximum Gasteiger partial charge on any atom is 0.255 e. The highest BCUT2D eigenvalue weighted by Crippen LogP contribution is 2.35. The quantitative estimate of drug-likeness (QED) is 0.726. The molecule has 2 aromatic heterocycles. The predicted octanol–water partition coefficient (Wildman–Crippen LogP) is 2.72. The number of hydrogen-bond donors (Lipinski definition) is 0. The fraction of sp³-hybridized carbons (Fsp3) is 0.263. The molecule has 7 heteroatoms. The summed E-state index contributed by atoms with van der Waals surface area (Å²) in [6, 6.07) is 9.80. The Bertz CT molecular complexity index is 971. The van der Waals surface area contributed by atoms with Gasteiger partial charge in [-0.3, -0.25) is 9.36 Å². The summed E-state index contributed by atoms with van der Waals surface area (Å²) in [7, 11) is 1.72. The lowest BCUT2D eigenvalue weighted by Gasteiger charge is -2.27. The molecule has 1 saturated heterocycles. The minimum absolute atomic E-state index is 0.0642. The molecule has 3 heterocycles. The summed E-state index contributed by atoms with van der Waals surface area (Å²) >= 11 is 0. The average Bonchev–Trinajstić information content (AvgIpc) is 3.14. The van der Waals surface area contributed by atoms with Gasteiger partial charge in [0.2, 0.25) is 5.95 Å². The average molecular weight is 351 g/mol. The number of rotatable bonds is 3. The standard InChI is InChI=1S/C19H18FN5O/c1-24-18(26)11-16(15-8-9-21-12-22-15)23-19(24)25-10-2-3-17(25)13-4-6-14(20)7-5-13/h4-9,11-12,17H,2-3,10H2,1H3. The molecule has 1 fully saturated rings. The maximum atomic E-state index is 13.3. The van der Waals surface area contributed by atoms with Crippen molar-refractivity contribution in [1.29, 1.82) is 0 Å². The number of halogens is 1. The molecular weight excluding hydrogens is 333 g/mol. The Morgan fingerprint density at radius 3 is 2.69 bits per heavy atom. The topological polar surface area (TPSA) is 63.9 Å². The van der Waals surface area contributed by atoms with Gasteiger partial charge in [0.15, 0.2) is 0 Å². The van der Waals surface area contributed by atoms with Gasteiger partial charge in [-0.1, -0.05) is 12.1 Å². The maximum absolute atomic E-state index is 13.3. The molecule has 1 aromatic carbocycles. The Labute approximate surface area is 150 Å². The molecule has 1 aliphatic rings. The lowest BCUT2D eigenvalue weighted by atomic mass is 10.0. The van der Waals surface area contributed by atoms with Crippen LogP contribution in [0.15, 0.2) is 53.7 Å². The number of benzene rings is 1. The van der Waals surface area contributed by atoms with Crippen LogP contribution in [0.4, 0.5) is 10.3 Å². The zero-order valence-corrected chi connectivity index (χ0v) is 14.3. The van der Waals surface area contributed by atoms with E-state index >= 15 is 0 Å². The first-order valence-electron chi connectivity index (χ1n) is 8.50. The number of nitrogens with zero attached hydrogens (tertiary/aromatic N) is 5. The molecule has 0 amide bonds. The van der Waals surface area contributed by atoms with Crippen LogP contribution in [0.5, 0.6) is 0 Å². The third-order valence-corrected chi connectivity index (χ3v) is 4.72. The van der Waals surface area contributed by atoms with E-state index in [-0.39, 0.29) is 17.4 Å². The van der Waals surface area contributed by atoms with Gasteiger partial charge in [0, 0.05) is 25.9 Å². The summed E-state index contributed by atoms with van der Waals surface area (Å²) in [5.41, 5.74) is 2.01. The molecule has 3 aromatic rings. The van der Waals surface area contributed by atoms with Crippen molar-refractivity contribution in [1.82, 2.24) is 19.5 Å². The van der Waals surface area contributed by atoms with Gasteiger partial charge in [0.1, 0.15) is 12.1 Å². The first kappa shape index (κ1) is 16.4. The van der Waals surface area contributed by atoms with Crippen molar-refractivity contribution in [2.24, 2.45) is 7.05 Å². The van der Waals surface area contributed by atoms with Crippen LogP contribution in [0.25, 0.3) is 11.4 Å². The van der Waals surface area contributed by atoms with Gasteiger partial charge in [-0.25, -0.2) is 19.3 Å². The second-order valence-electron chi connectivity index (χ2n) is 6.34. The number of hydrogen-bond acceptors (Lipinski definition) is 5. The Kier molecular flexibility index (Phi) is 4.20. The van der Waals surface area contributed by atoms with Gasteiger partial charge in [-0.05, 0) is 36.6 Å². The highest BCUT2D eigenvalue weighted by Gasteiger charge is 2.29. The molecular formula is C19H18FN5O. The molecule has 0 N–H and O–H groups in total. The minimum Gasteiger partial charge on any atom is -0.335 e. The monoisotopic (exact) mass is 351 g/mol. The SMILES string of the molecule is Cn1c(N2CCCC2c2ccc(F)cc2)nc(-c2ccncn2)cc1=O. The Morgan fingerprint density at radius 2 is 1.96 bits per heavy atom. The normalized spacial score (nSPS) is 16.8. The van der Waals surface area contributed by atoms with Crippen molar-refractivity contribution in [3.8, 4) is 11.4 Å². The van der Waals surface area contributed by atoms with Gasteiger partial charge in [0.05, 0.1) is 17.4 Å². The fourth-order valence-corrected chi connectivity index (χ4v) is 3.40. The Balaban J connectivity index is 1.77. The van der Waals surface area contributed by atoms with Gasteiger partial charge in [-0.15, -0.1) is 0 Å². The molecule has 26 heavy (non-hydrogen) atoms. The van der Waals surface area contributed by atoms with Gasteiger partial charge in [-0.2, -0.15) is 0 Å². The number of aromatic nitrogens is 4. The second kappa shape index (κ2) is 6.67. The largest absolute Gasteiger partial charge is 0.335 e. The van der Waals surface area contributed by atoms with Crippen LogP contribution in [0.1, 0.15) is 24.4 Å². The summed E-state index contributed by atoms with van der Waals surface area (Å²) in [5, 5.41) is 0. The smallest absolute Gasteiger partial charge is 0.255 e. The first-order chi connectivity index (χ1) is 12.6. The lowest BCUT2D eigenvalue weighted by Crippen LogP contribution is -2.31. The van der Waals surface area contributed by atoms with Crippen LogP contribution >= 0.6 is 0 Å². The molecule has 0 saturated carbocycles. The van der Waals surface area contributed by atoms with Crippen molar-refractivity contribution >= 4 is 5.95 Å². The molecule has 6 nitrogen and oxygen atoms in total. The lowest BCUT2D eigenvalue weighted by molar-refractivity contribution is 0.622. The van der Waals surface area contributed by atoms with E-state index in [9.17, 15) is 9.18 Å². The van der Waals surface area contributed by atoms with Crippen molar-refractivity contribution in [3.63, 3.8) is 0 Å². The zero-order chi connectivity index (χ0) is 18.1. The fourth-order valence-electron chi connectivity index (χ4n) is 3.40. The van der Waals surface area contributed by atoms with Crippen molar-refractivity contribution in [2.45, 2.75) is 18.9 Å². The van der Waals surface area contributed by atoms with Gasteiger partial charge < -0.3 is 4.90 Å². The second-order valence-corrected chi connectivity index (χ2v) is 6.34. The van der Waals surface area contributed by atoms with E-state index in [1.54, 1.807) is 36.0 Å². The third-order valence-electron chi connectivity index (χ3n) is 4.72. The van der Waals surface area contributed by atoms with Crippen LogP contribution in [-0.4, -0.2) is 26.1 Å². The predicted molar refractivity (Wildman–Crippen MR) is 96.2 cm³/mol. The molecule has 0 bridgehead atoms. The summed E-state index contributed by atoms with van der Waals surface area (Å²) in [4.78, 5) is 27.4.